The lowest BCUT2D eigenvalue weighted by Crippen LogP contribution is -2.16. The molecule has 0 unspecified atom stereocenters. The van der Waals surface area contributed by atoms with E-state index in [1.165, 1.54) is 24.3 Å². The number of nitrogens with two attached hydrogens (primary N) is 1. The number of benzene rings is 5. The van der Waals surface area contributed by atoms with Gasteiger partial charge in [0, 0.05) is 16.8 Å². The van der Waals surface area contributed by atoms with Crippen LogP contribution in [0.1, 0.15) is 0 Å². The molecule has 74 heavy (non-hydrogen) atoms. The Kier molecular flexibility index (Phi) is 16.5. The molecular weight excluding hydrogens is 1160 g/mol. The maximum absolute atomic E-state index is 12.8. The lowest BCUT2D eigenvalue weighted by molar-refractivity contribution is 0.282. The number of anilines is 5. The van der Waals surface area contributed by atoms with Crippen LogP contribution in [-0.2, 0) is 79.2 Å². The zero-order valence-electron chi connectivity index (χ0n) is 36.1. The van der Waals surface area contributed by atoms with E-state index in [1.807, 2.05) is 0 Å². The molecule has 5 aromatic carbocycles. The molecule has 0 fully saturated rings. The van der Waals surface area contributed by atoms with Gasteiger partial charge in [-0.1, -0.05) is 6.07 Å². The van der Waals surface area contributed by atoms with Crippen molar-refractivity contribution in [2.45, 2.75) is 24.5 Å². The maximum Gasteiger partial charge on any atom is 0.397 e. The zero-order chi connectivity index (χ0) is 54.8. The van der Waals surface area contributed by atoms with Crippen LogP contribution in [0, 0.1) is 0 Å². The van der Waals surface area contributed by atoms with Crippen molar-refractivity contribution in [1.29, 1.82) is 0 Å². The highest BCUT2D eigenvalue weighted by Gasteiger charge is 2.25. The van der Waals surface area contributed by atoms with Gasteiger partial charge in [-0.05, 0) is 95.8 Å². The molecule has 1 aromatic heterocycles. The molecule has 0 aliphatic carbocycles. The van der Waals surface area contributed by atoms with Crippen molar-refractivity contribution < 1.29 is 90.1 Å². The summed E-state index contributed by atoms with van der Waals surface area (Å²) in [6, 6.07) is 14.1. The molecule has 6 aromatic rings. The van der Waals surface area contributed by atoms with Crippen molar-refractivity contribution in [2.24, 2.45) is 20.5 Å². The number of aromatic nitrogens is 3. The van der Waals surface area contributed by atoms with Gasteiger partial charge in [-0.3, -0.25) is 22.8 Å². The summed E-state index contributed by atoms with van der Waals surface area (Å²) in [5.74, 6) is -2.41. The maximum atomic E-state index is 12.8. The van der Waals surface area contributed by atoms with Gasteiger partial charge in [-0.15, -0.1) is 20.5 Å². The molecule has 9 N–H and O–H groups in total. The lowest BCUT2D eigenvalue weighted by atomic mass is 10.1. The number of azo groups is 2. The Morgan fingerprint density at radius 3 is 1.51 bits per heavy atom. The third kappa shape index (κ3) is 15.1. The van der Waals surface area contributed by atoms with Crippen molar-refractivity contribution in [1.82, 2.24) is 15.0 Å². The summed E-state index contributed by atoms with van der Waals surface area (Å²) in [4.78, 5) is 7.96. The standard InChI is InChI=1S/C35H31ClN10O21S7/c36-33-40-34(38-20-2-5-22(6-3-20)68(47,48)13-11-66-73(60,61)62)42-35(41-33)39-21-4-10-29(70(51,52)53)28(16-21)45-44-27-15-19-1-8-25(37)32(24(19)18-31(27)72(57,58)59)46-43-26-9-7-23(17-30(26)71(54,55)56)69(49,50)14-12-67-74(63,64)65/h1-10,15-18H,11-14,37H2,(H,51,52,53)(H,54,55,56)(H,57,58,59)(H,60,61,62)(H,63,64,65)(H2,38,39,40,41,42)/b45-44+,46-43+. The molecule has 0 saturated heterocycles. The fourth-order valence-electron chi connectivity index (χ4n) is 6.02. The molecule has 0 saturated carbocycles. The van der Waals surface area contributed by atoms with Gasteiger partial charge in [0.15, 0.2) is 19.7 Å². The number of sulfone groups is 2. The Morgan fingerprint density at radius 2 is 0.973 bits per heavy atom. The van der Waals surface area contributed by atoms with Crippen LogP contribution in [0.3, 0.4) is 0 Å². The molecule has 396 valence electrons. The van der Waals surface area contributed by atoms with Crippen LogP contribution in [-0.4, -0.2) is 121 Å². The van der Waals surface area contributed by atoms with E-state index in [1.54, 1.807) is 0 Å². The van der Waals surface area contributed by atoms with Gasteiger partial charge in [0.2, 0.25) is 17.2 Å². The van der Waals surface area contributed by atoms with Gasteiger partial charge in [-0.25, -0.2) is 25.2 Å². The minimum absolute atomic E-state index is 0.0180. The second kappa shape index (κ2) is 21.5. The van der Waals surface area contributed by atoms with Gasteiger partial charge >= 0.3 is 20.8 Å². The molecule has 0 bridgehead atoms. The molecule has 0 aliphatic rings. The predicted molar refractivity (Wildman–Crippen MR) is 256 cm³/mol. The topological polar surface area (TPSA) is 497 Å². The van der Waals surface area contributed by atoms with Crippen LogP contribution in [0.5, 0.6) is 0 Å². The molecule has 0 atom stereocenters. The van der Waals surface area contributed by atoms with Crippen molar-refractivity contribution in [2.75, 3.05) is 41.1 Å². The number of nitrogen functional groups attached to an aromatic ring is 1. The first-order chi connectivity index (χ1) is 34.1. The Balaban J connectivity index is 1.31. The van der Waals surface area contributed by atoms with E-state index in [0.29, 0.717) is 6.07 Å². The number of halogens is 1. The fraction of sp³-hybridized carbons (Fsp3) is 0.114. The van der Waals surface area contributed by atoms with Gasteiger partial charge in [-0.2, -0.15) is 57.0 Å². The zero-order valence-corrected chi connectivity index (χ0v) is 42.6. The first-order valence-corrected chi connectivity index (χ1v) is 30.0. The van der Waals surface area contributed by atoms with Crippen molar-refractivity contribution >= 4 is 145 Å². The van der Waals surface area contributed by atoms with Gasteiger partial charge in [0.05, 0.1) is 40.2 Å². The average Bonchev–Trinajstić information content (AvgIpc) is 3.25. The molecular formula is C35H31ClN10O21S7. The predicted octanol–water partition coefficient (Wildman–Crippen LogP) is 4.50. The average molecular weight is 1190 g/mol. The minimum Gasteiger partial charge on any atom is -0.397 e. The summed E-state index contributed by atoms with van der Waals surface area (Å²) in [6.07, 6.45) is 0. The van der Waals surface area contributed by atoms with Crippen LogP contribution in [0.25, 0.3) is 10.8 Å². The number of hydrogen-bond donors (Lipinski definition) is 8. The van der Waals surface area contributed by atoms with Crippen molar-refractivity contribution in [3.05, 3.63) is 90.2 Å². The van der Waals surface area contributed by atoms with Crippen LogP contribution in [0.15, 0.2) is 130 Å². The lowest BCUT2D eigenvalue weighted by Gasteiger charge is -2.11. The second-order valence-corrected chi connectivity index (χ2v) is 25.3. The van der Waals surface area contributed by atoms with E-state index in [4.69, 9.17) is 26.4 Å². The molecule has 6 rings (SSSR count). The Hall–Kier alpha value is -6.37. The molecule has 1 heterocycles. The number of rotatable bonds is 21. The van der Waals surface area contributed by atoms with Crippen molar-refractivity contribution in [3.8, 4) is 0 Å². The van der Waals surface area contributed by atoms with Crippen LogP contribution >= 0.6 is 11.6 Å². The van der Waals surface area contributed by atoms with Crippen LogP contribution in [0.2, 0.25) is 5.28 Å². The third-order valence-corrected chi connectivity index (χ3v) is 16.3. The Bertz CT molecular complexity index is 4120. The molecule has 39 heteroatoms. The first-order valence-electron chi connectivity index (χ1n) is 19.2. The van der Waals surface area contributed by atoms with E-state index in [9.17, 15) is 72.6 Å². The summed E-state index contributed by atoms with van der Waals surface area (Å²) < 4.78 is 225. The summed E-state index contributed by atoms with van der Waals surface area (Å²) in [5, 5.41) is 20.1. The molecule has 0 radical (unpaired) electrons. The highest BCUT2D eigenvalue weighted by molar-refractivity contribution is 7.92. The number of nitrogens with zero attached hydrogens (tertiary/aromatic N) is 7. The Labute approximate surface area is 423 Å². The summed E-state index contributed by atoms with van der Waals surface area (Å²) in [7, 11) is -34.2. The van der Waals surface area contributed by atoms with E-state index < -0.39 is 143 Å². The third-order valence-electron chi connectivity index (χ3n) is 9.21. The highest BCUT2D eigenvalue weighted by Crippen LogP contribution is 2.41. The van der Waals surface area contributed by atoms with Gasteiger partial charge in [0.1, 0.15) is 37.4 Å². The summed E-state index contributed by atoms with van der Waals surface area (Å²) >= 11 is 6.10. The van der Waals surface area contributed by atoms with Crippen molar-refractivity contribution in [3.63, 3.8) is 0 Å². The van der Waals surface area contributed by atoms with E-state index in [-0.39, 0.29) is 44.6 Å². The minimum atomic E-state index is -5.29. The van der Waals surface area contributed by atoms with Crippen LogP contribution in [0.4, 0.5) is 51.7 Å². The first kappa shape index (κ1) is 56.9. The smallest absolute Gasteiger partial charge is 0.397 e. The highest BCUT2D eigenvalue weighted by atomic mass is 35.5. The summed E-state index contributed by atoms with van der Waals surface area (Å²) in [5.41, 5.74) is 3.59. The fourth-order valence-corrected chi connectivity index (χ4v) is 11.1. The molecule has 0 amide bonds. The number of fused-ring (bicyclic) bond motifs is 1. The molecule has 0 aliphatic heterocycles. The largest absolute Gasteiger partial charge is 0.397 e. The monoisotopic (exact) mass is 1190 g/mol. The molecule has 31 nitrogen and oxygen atoms in total. The quantitative estimate of drug-likeness (QED) is 0.0279. The van der Waals surface area contributed by atoms with Crippen LogP contribution < -0.4 is 16.4 Å². The van der Waals surface area contributed by atoms with Gasteiger partial charge < -0.3 is 16.4 Å². The normalized spacial score (nSPS) is 13.2. The van der Waals surface area contributed by atoms with E-state index >= 15 is 0 Å². The van der Waals surface area contributed by atoms with Gasteiger partial charge in [0.25, 0.3) is 30.4 Å². The summed E-state index contributed by atoms with van der Waals surface area (Å²) in [6.45, 7) is -1.94. The van der Waals surface area contributed by atoms with E-state index in [0.717, 1.165) is 54.6 Å². The number of hydrogen-bond acceptors (Lipinski definition) is 26. The second-order valence-electron chi connectivity index (χ2n) is 14.3. The number of nitrogens with one attached hydrogen (secondary N) is 2. The SMILES string of the molecule is Nc1ccc2cc(/N=N/c3cc(Nc4nc(Cl)nc(Nc5ccc(S(=O)(=O)CCOS(=O)(=O)O)cc5)n4)ccc3S(=O)(=O)O)c(S(=O)(=O)O)cc2c1/N=N/c1ccc(S(=O)(=O)CCOS(=O)(=O)O)cc1S(=O)(=O)O. The Morgan fingerprint density at radius 1 is 0.500 bits per heavy atom. The molecule has 0 spiro atoms. The van der Waals surface area contributed by atoms with E-state index in [2.05, 4.69) is 54.4 Å².